The Morgan fingerprint density at radius 2 is 2.03 bits per heavy atom. The van der Waals surface area contributed by atoms with Crippen LogP contribution in [0.2, 0.25) is 0 Å². The van der Waals surface area contributed by atoms with Gasteiger partial charge in [0.1, 0.15) is 5.82 Å². The minimum absolute atomic E-state index is 0.569. The Morgan fingerprint density at radius 1 is 1.17 bits per heavy atom. The topological polar surface area (TPSA) is 74.7 Å². The van der Waals surface area contributed by atoms with E-state index in [1.165, 1.54) is 6.42 Å². The molecule has 0 amide bonds. The number of aromatic nitrogens is 4. The fourth-order valence-electron chi connectivity index (χ4n) is 5.29. The van der Waals surface area contributed by atoms with E-state index in [1.807, 2.05) is 36.7 Å². The van der Waals surface area contributed by atoms with Gasteiger partial charge in [0.05, 0.1) is 35.3 Å². The summed E-state index contributed by atoms with van der Waals surface area (Å²) in [6.07, 6.45) is 8.40. The molecule has 36 heavy (non-hydrogen) atoms. The second-order valence-corrected chi connectivity index (χ2v) is 10.0. The van der Waals surface area contributed by atoms with Gasteiger partial charge in [-0.05, 0) is 68.1 Å². The molecule has 0 saturated carbocycles. The summed E-state index contributed by atoms with van der Waals surface area (Å²) in [6.45, 7) is 8.33. The molecule has 2 aliphatic rings. The number of hydrogen-bond donors (Lipinski definition) is 1. The van der Waals surface area contributed by atoms with E-state index in [9.17, 15) is 0 Å². The normalized spacial score (nSPS) is 17.1. The monoisotopic (exact) mass is 477 g/mol. The molecule has 1 aromatic carbocycles. The van der Waals surface area contributed by atoms with Crippen molar-refractivity contribution in [2.75, 3.05) is 24.5 Å². The Kier molecular flexibility index (Phi) is 5.82. The van der Waals surface area contributed by atoms with Crippen molar-refractivity contribution in [3.63, 3.8) is 0 Å². The molecule has 2 aliphatic heterocycles. The van der Waals surface area contributed by atoms with E-state index < -0.39 is 0 Å². The van der Waals surface area contributed by atoms with Crippen LogP contribution in [0, 0.1) is 17.2 Å². The van der Waals surface area contributed by atoms with Crippen LogP contribution in [-0.4, -0.2) is 44.8 Å². The molecule has 0 bridgehead atoms. The maximum Gasteiger partial charge on any atom is 0.161 e. The third-order valence-corrected chi connectivity index (χ3v) is 7.61. The maximum atomic E-state index is 9.14. The predicted octanol–water partition coefficient (Wildman–Crippen LogP) is 4.85. The third kappa shape index (κ3) is 4.08. The van der Waals surface area contributed by atoms with Gasteiger partial charge in [-0.15, -0.1) is 0 Å². The summed E-state index contributed by atoms with van der Waals surface area (Å²) < 4.78 is 4.40. The highest BCUT2D eigenvalue weighted by molar-refractivity contribution is 5.72. The number of nitrogens with one attached hydrogen (secondary N) is 1. The van der Waals surface area contributed by atoms with Crippen LogP contribution in [0.15, 0.2) is 61.1 Å². The fraction of sp³-hybridized carbons (Fsp3) is 0.345. The van der Waals surface area contributed by atoms with Crippen LogP contribution < -0.4 is 10.2 Å². The van der Waals surface area contributed by atoms with Crippen LogP contribution in [-0.2, 0) is 6.54 Å². The number of nitriles is 1. The summed E-state index contributed by atoms with van der Waals surface area (Å²) in [5, 5.41) is 12.8. The summed E-state index contributed by atoms with van der Waals surface area (Å²) in [7, 11) is 0. The van der Waals surface area contributed by atoms with Crippen LogP contribution in [0.1, 0.15) is 37.9 Å². The summed E-state index contributed by atoms with van der Waals surface area (Å²) >= 11 is 0. The first-order valence-electron chi connectivity index (χ1n) is 12.9. The first-order chi connectivity index (χ1) is 17.6. The summed E-state index contributed by atoms with van der Waals surface area (Å²) in [5.41, 5.74) is 6.07. The summed E-state index contributed by atoms with van der Waals surface area (Å²) in [5.74, 6) is 2.64. The van der Waals surface area contributed by atoms with Crippen molar-refractivity contribution >= 4 is 5.82 Å². The molecule has 3 aromatic heterocycles. The van der Waals surface area contributed by atoms with Crippen LogP contribution in [0.5, 0.6) is 0 Å². The number of benzene rings is 1. The van der Waals surface area contributed by atoms with E-state index in [4.69, 9.17) is 15.2 Å². The summed E-state index contributed by atoms with van der Waals surface area (Å²) in [4.78, 5) is 12.3. The Morgan fingerprint density at radius 3 is 2.83 bits per heavy atom. The lowest BCUT2D eigenvalue weighted by Gasteiger charge is -2.20. The van der Waals surface area contributed by atoms with Gasteiger partial charge in [0.15, 0.2) is 5.82 Å². The molecule has 4 aromatic rings. The smallest absolute Gasteiger partial charge is 0.161 e. The molecule has 1 fully saturated rings. The predicted molar refractivity (Wildman–Crippen MR) is 142 cm³/mol. The van der Waals surface area contributed by atoms with Gasteiger partial charge in [0, 0.05) is 43.3 Å². The number of pyridine rings is 1. The molecule has 7 heteroatoms. The Balaban J connectivity index is 1.30. The fourth-order valence-corrected chi connectivity index (χ4v) is 5.29. The summed E-state index contributed by atoms with van der Waals surface area (Å²) in [6, 6.07) is 17.0. The van der Waals surface area contributed by atoms with Gasteiger partial charge in [-0.3, -0.25) is 4.57 Å². The quantitative estimate of drug-likeness (QED) is 0.378. The lowest BCUT2D eigenvalue weighted by molar-refractivity contribution is 0.456. The number of rotatable bonds is 6. The van der Waals surface area contributed by atoms with Gasteiger partial charge < -0.3 is 14.8 Å². The van der Waals surface area contributed by atoms with Crippen LogP contribution >= 0.6 is 0 Å². The van der Waals surface area contributed by atoms with Crippen molar-refractivity contribution in [2.45, 2.75) is 39.3 Å². The molecule has 182 valence electrons. The zero-order chi connectivity index (χ0) is 24.6. The molecular formula is C29H31N7. The van der Waals surface area contributed by atoms with Crippen molar-refractivity contribution in [3.8, 4) is 34.4 Å². The van der Waals surface area contributed by atoms with Crippen molar-refractivity contribution in [1.29, 1.82) is 5.26 Å². The molecule has 0 radical (unpaired) electrons. The SMILES string of the molecule is CC[C@@H](C)NC[C@H]1CCN(c2ccc3c(n2)Cn2cc(-c4ccc(C#N)cc4)cc2-c2nccn2-3)C1. The number of anilines is 1. The van der Waals surface area contributed by atoms with E-state index in [-0.39, 0.29) is 0 Å². The van der Waals surface area contributed by atoms with Crippen molar-refractivity contribution in [3.05, 3.63) is 72.3 Å². The molecule has 1 N–H and O–H groups in total. The highest BCUT2D eigenvalue weighted by atomic mass is 15.2. The highest BCUT2D eigenvalue weighted by Gasteiger charge is 2.26. The van der Waals surface area contributed by atoms with E-state index in [1.54, 1.807) is 0 Å². The Labute approximate surface area is 212 Å². The largest absolute Gasteiger partial charge is 0.356 e. The zero-order valence-electron chi connectivity index (χ0n) is 20.9. The molecule has 5 heterocycles. The molecule has 7 nitrogen and oxygen atoms in total. The van der Waals surface area contributed by atoms with Crippen LogP contribution in [0.3, 0.4) is 0 Å². The first-order valence-corrected chi connectivity index (χ1v) is 12.9. The van der Waals surface area contributed by atoms with Gasteiger partial charge in [-0.25, -0.2) is 9.97 Å². The highest BCUT2D eigenvalue weighted by Crippen LogP contribution is 2.34. The lowest BCUT2D eigenvalue weighted by Crippen LogP contribution is -2.32. The molecule has 2 atom stereocenters. The molecule has 0 unspecified atom stereocenters. The van der Waals surface area contributed by atoms with Crippen molar-refractivity contribution < 1.29 is 0 Å². The zero-order valence-corrected chi connectivity index (χ0v) is 20.9. The van der Waals surface area contributed by atoms with Gasteiger partial charge in [-0.1, -0.05) is 19.1 Å². The van der Waals surface area contributed by atoms with Gasteiger partial charge in [-0.2, -0.15) is 5.26 Å². The van der Waals surface area contributed by atoms with E-state index in [0.717, 1.165) is 65.9 Å². The standard InChI is InChI=1S/C29H31N7/c1-3-20(2)32-16-22-10-12-34(17-22)28-9-8-26-25(33-28)19-35-18-24(23-6-4-21(15-30)5-7-23)14-27(35)29-31-11-13-36(26)29/h4-9,11,13-14,18,20,22,32H,3,10,12,16-17,19H2,1-2H3/t20-,22-/m1/s1. The average molecular weight is 478 g/mol. The maximum absolute atomic E-state index is 9.14. The van der Waals surface area contributed by atoms with E-state index in [2.05, 4.69) is 63.7 Å². The van der Waals surface area contributed by atoms with Gasteiger partial charge in [0.2, 0.25) is 0 Å². The molecular weight excluding hydrogens is 446 g/mol. The molecule has 1 saturated heterocycles. The minimum atomic E-state index is 0.569. The number of nitrogens with zero attached hydrogens (tertiary/aromatic N) is 6. The molecule has 0 aliphatic carbocycles. The van der Waals surface area contributed by atoms with E-state index >= 15 is 0 Å². The van der Waals surface area contributed by atoms with Crippen LogP contribution in [0.25, 0.3) is 28.3 Å². The van der Waals surface area contributed by atoms with Crippen molar-refractivity contribution in [2.24, 2.45) is 5.92 Å². The van der Waals surface area contributed by atoms with E-state index in [0.29, 0.717) is 24.1 Å². The van der Waals surface area contributed by atoms with Gasteiger partial charge in [0.25, 0.3) is 0 Å². The third-order valence-electron chi connectivity index (χ3n) is 7.61. The molecule has 6 rings (SSSR count). The second kappa shape index (κ2) is 9.29. The van der Waals surface area contributed by atoms with Gasteiger partial charge >= 0.3 is 0 Å². The molecule has 0 spiro atoms. The lowest BCUT2D eigenvalue weighted by atomic mass is 10.1. The second-order valence-electron chi connectivity index (χ2n) is 10.0. The Hall–Kier alpha value is -3.89. The Bertz CT molecular complexity index is 1420. The van der Waals surface area contributed by atoms with Crippen molar-refractivity contribution in [1.82, 2.24) is 24.4 Å². The number of fused-ring (bicyclic) bond motifs is 5. The minimum Gasteiger partial charge on any atom is -0.356 e. The van der Waals surface area contributed by atoms with Crippen LogP contribution in [0.4, 0.5) is 5.82 Å². The first kappa shape index (κ1) is 22.6. The average Bonchev–Trinajstić information content (AvgIpc) is 3.66. The number of hydrogen-bond acceptors (Lipinski definition) is 5. The number of imidazole rings is 1.